The van der Waals surface area contributed by atoms with Crippen LogP contribution in [-0.4, -0.2) is 12.6 Å². The van der Waals surface area contributed by atoms with Crippen molar-refractivity contribution in [3.63, 3.8) is 0 Å². The third-order valence-electron chi connectivity index (χ3n) is 6.15. The van der Waals surface area contributed by atoms with Crippen LogP contribution in [0, 0.1) is 17.3 Å². The van der Waals surface area contributed by atoms with E-state index < -0.39 is 0 Å². The average Bonchev–Trinajstić information content (AvgIpc) is 2.83. The lowest BCUT2D eigenvalue weighted by Gasteiger charge is -2.33. The van der Waals surface area contributed by atoms with Gasteiger partial charge < -0.3 is 4.74 Å². The molecule has 0 N–H and O–H groups in total. The van der Waals surface area contributed by atoms with Crippen LogP contribution < -0.4 is 0 Å². The predicted octanol–water partition coefficient (Wildman–Crippen LogP) is 5.99. The lowest BCUT2D eigenvalue weighted by atomic mass is 9.71. The van der Waals surface area contributed by atoms with E-state index in [1.807, 2.05) is 0 Å². The summed E-state index contributed by atoms with van der Waals surface area (Å²) >= 11 is 0. The number of ether oxygens (including phenoxy) is 1. The van der Waals surface area contributed by atoms with Crippen molar-refractivity contribution in [3.05, 3.63) is 35.5 Å². The maximum atomic E-state index is 11.2. The Kier molecular flexibility index (Phi) is 6.48. The summed E-state index contributed by atoms with van der Waals surface area (Å²) < 4.78 is 5.28. The molecule has 2 rings (SSSR count). The van der Waals surface area contributed by atoms with Gasteiger partial charge in [-0.1, -0.05) is 36.8 Å². The first-order valence-electron chi connectivity index (χ1n) is 9.44. The van der Waals surface area contributed by atoms with E-state index >= 15 is 0 Å². The Morgan fingerprint density at radius 1 is 1.33 bits per heavy atom. The fourth-order valence-corrected chi connectivity index (χ4v) is 4.47. The van der Waals surface area contributed by atoms with Gasteiger partial charge in [0, 0.05) is 6.92 Å². The highest BCUT2D eigenvalue weighted by atomic mass is 16.5. The minimum Gasteiger partial charge on any atom is -0.461 e. The van der Waals surface area contributed by atoms with Crippen molar-refractivity contribution in [1.82, 2.24) is 0 Å². The van der Waals surface area contributed by atoms with Crippen LogP contribution in [0.4, 0.5) is 0 Å². The maximum Gasteiger partial charge on any atom is 0.302 e. The van der Waals surface area contributed by atoms with Crippen LogP contribution in [0.3, 0.4) is 0 Å². The van der Waals surface area contributed by atoms with Crippen LogP contribution in [0.5, 0.6) is 0 Å². The van der Waals surface area contributed by atoms with E-state index in [9.17, 15) is 4.79 Å². The zero-order chi connectivity index (χ0) is 17.7. The second-order valence-electron chi connectivity index (χ2n) is 8.24. The number of fused-ring (bicyclic) bond motifs is 1. The topological polar surface area (TPSA) is 26.3 Å². The highest BCUT2D eigenvalue weighted by Crippen LogP contribution is 2.53. The Morgan fingerprint density at radius 3 is 2.75 bits per heavy atom. The minimum absolute atomic E-state index is 0.188. The van der Waals surface area contributed by atoms with Gasteiger partial charge in [-0.25, -0.2) is 0 Å². The molecule has 1 fully saturated rings. The molecule has 0 aromatic rings. The Labute approximate surface area is 148 Å². The van der Waals surface area contributed by atoms with Gasteiger partial charge in [0.2, 0.25) is 0 Å². The molecule has 3 unspecified atom stereocenters. The Bertz CT molecular complexity index is 540. The molecule has 0 aliphatic heterocycles. The van der Waals surface area contributed by atoms with E-state index in [0.29, 0.717) is 23.9 Å². The van der Waals surface area contributed by atoms with Gasteiger partial charge >= 0.3 is 5.97 Å². The van der Waals surface area contributed by atoms with Crippen LogP contribution in [0.15, 0.2) is 35.5 Å². The van der Waals surface area contributed by atoms with Crippen LogP contribution >= 0.6 is 0 Å². The fourth-order valence-electron chi connectivity index (χ4n) is 4.47. The van der Waals surface area contributed by atoms with E-state index in [-0.39, 0.29) is 5.97 Å². The van der Waals surface area contributed by atoms with E-state index in [4.69, 9.17) is 4.74 Å². The second kappa shape index (κ2) is 8.18. The van der Waals surface area contributed by atoms with Crippen molar-refractivity contribution in [3.8, 4) is 0 Å². The molecule has 24 heavy (non-hydrogen) atoms. The molecular weight excluding hydrogens is 296 g/mol. The summed E-state index contributed by atoms with van der Waals surface area (Å²) in [6.07, 6.45) is 13.0. The van der Waals surface area contributed by atoms with Crippen LogP contribution in [-0.2, 0) is 9.53 Å². The normalized spacial score (nSPS) is 31.3. The van der Waals surface area contributed by atoms with E-state index in [2.05, 4.69) is 39.5 Å². The number of allylic oxidation sites excluding steroid dienone is 4. The van der Waals surface area contributed by atoms with E-state index in [1.165, 1.54) is 42.9 Å². The number of esters is 1. The zero-order valence-electron chi connectivity index (χ0n) is 16.0. The smallest absolute Gasteiger partial charge is 0.302 e. The molecule has 0 aromatic heterocycles. The van der Waals surface area contributed by atoms with Gasteiger partial charge in [0.05, 0.1) is 0 Å². The third kappa shape index (κ3) is 4.84. The van der Waals surface area contributed by atoms with Gasteiger partial charge in [0.25, 0.3) is 0 Å². The Morgan fingerprint density at radius 2 is 2.08 bits per heavy atom. The molecule has 0 spiro atoms. The van der Waals surface area contributed by atoms with Crippen molar-refractivity contribution < 1.29 is 9.53 Å². The molecular formula is C22H34O2. The monoisotopic (exact) mass is 330 g/mol. The SMILES string of the molecule is C=C(C)C1CCC2(C)CC=C(C)CCCC(COC(C)=O)=CCC12. The van der Waals surface area contributed by atoms with Crippen LogP contribution in [0.1, 0.15) is 72.6 Å². The van der Waals surface area contributed by atoms with Crippen molar-refractivity contribution in [2.24, 2.45) is 17.3 Å². The van der Waals surface area contributed by atoms with Crippen molar-refractivity contribution >= 4 is 5.97 Å². The van der Waals surface area contributed by atoms with Gasteiger partial charge in [0.15, 0.2) is 0 Å². The quantitative estimate of drug-likeness (QED) is 0.469. The molecule has 2 nitrogen and oxygen atoms in total. The standard InChI is InChI=1S/C22H34O2/c1-16(2)20-12-14-22(5)13-11-17(3)7-6-8-19(9-10-21(20)22)15-24-18(4)23/h9,11,20-21H,1,6-8,10,12-15H2,2-5H3. The van der Waals surface area contributed by atoms with Gasteiger partial charge in [-0.2, -0.15) is 0 Å². The zero-order valence-corrected chi connectivity index (χ0v) is 16.0. The summed E-state index contributed by atoms with van der Waals surface area (Å²) in [5.74, 6) is 1.08. The number of carbonyl (C=O) groups is 1. The number of hydrogen-bond donors (Lipinski definition) is 0. The predicted molar refractivity (Wildman–Crippen MR) is 101 cm³/mol. The Hall–Kier alpha value is -1.31. The molecule has 0 heterocycles. The molecule has 1 saturated carbocycles. The lowest BCUT2D eigenvalue weighted by molar-refractivity contribution is -0.140. The second-order valence-corrected chi connectivity index (χ2v) is 8.24. The maximum absolute atomic E-state index is 11.2. The molecule has 2 aliphatic carbocycles. The molecule has 0 amide bonds. The molecule has 134 valence electrons. The van der Waals surface area contributed by atoms with E-state index in [1.54, 1.807) is 0 Å². The number of rotatable bonds is 3. The van der Waals surface area contributed by atoms with Crippen molar-refractivity contribution in [2.45, 2.75) is 72.6 Å². The summed E-state index contributed by atoms with van der Waals surface area (Å²) in [4.78, 5) is 11.2. The fraction of sp³-hybridized carbons (Fsp3) is 0.682. The van der Waals surface area contributed by atoms with Crippen molar-refractivity contribution in [2.75, 3.05) is 6.61 Å². The van der Waals surface area contributed by atoms with Crippen molar-refractivity contribution in [1.29, 1.82) is 0 Å². The largest absolute Gasteiger partial charge is 0.461 e. The number of hydrogen-bond acceptors (Lipinski definition) is 2. The molecule has 3 atom stereocenters. The highest BCUT2D eigenvalue weighted by molar-refractivity contribution is 5.66. The molecule has 2 heteroatoms. The molecule has 2 aliphatic rings. The summed E-state index contributed by atoms with van der Waals surface area (Å²) in [5.41, 5.74) is 4.48. The summed E-state index contributed by atoms with van der Waals surface area (Å²) in [6, 6.07) is 0. The first kappa shape index (κ1) is 19.0. The van der Waals surface area contributed by atoms with Gasteiger partial charge in [-0.05, 0) is 81.6 Å². The van der Waals surface area contributed by atoms with Crippen LogP contribution in [0.25, 0.3) is 0 Å². The molecule has 0 saturated heterocycles. The van der Waals surface area contributed by atoms with Gasteiger partial charge in [-0.3, -0.25) is 4.79 Å². The summed E-state index contributed by atoms with van der Waals surface area (Å²) in [6.45, 7) is 13.1. The molecule has 0 bridgehead atoms. The highest BCUT2D eigenvalue weighted by Gasteiger charge is 2.43. The van der Waals surface area contributed by atoms with Crippen LogP contribution in [0.2, 0.25) is 0 Å². The van der Waals surface area contributed by atoms with Gasteiger partial charge in [-0.15, -0.1) is 0 Å². The Balaban J connectivity index is 2.25. The van der Waals surface area contributed by atoms with Gasteiger partial charge in [0.1, 0.15) is 6.61 Å². The minimum atomic E-state index is -0.188. The third-order valence-corrected chi connectivity index (χ3v) is 6.15. The number of carbonyl (C=O) groups excluding carboxylic acids is 1. The summed E-state index contributed by atoms with van der Waals surface area (Å²) in [7, 11) is 0. The summed E-state index contributed by atoms with van der Waals surface area (Å²) in [5, 5.41) is 0. The lowest BCUT2D eigenvalue weighted by Crippen LogP contribution is -2.25. The average molecular weight is 331 g/mol. The first-order valence-corrected chi connectivity index (χ1v) is 9.44. The molecule has 0 aromatic carbocycles. The first-order chi connectivity index (χ1) is 11.3. The molecule has 0 radical (unpaired) electrons. The van der Waals surface area contributed by atoms with E-state index in [0.717, 1.165) is 25.7 Å².